The number of hydrogen-bond donors (Lipinski definition) is 2. The van der Waals surface area contributed by atoms with Gasteiger partial charge in [0.2, 0.25) is 0 Å². The second-order valence-corrected chi connectivity index (χ2v) is 5.39. The molecule has 1 aromatic heterocycles. The van der Waals surface area contributed by atoms with Crippen LogP contribution in [0.1, 0.15) is 31.0 Å². The van der Waals surface area contributed by atoms with E-state index in [9.17, 15) is 13.2 Å². The van der Waals surface area contributed by atoms with Crippen LogP contribution in [0.4, 0.5) is 13.2 Å². The minimum atomic E-state index is -4.48. The molecule has 0 saturated carbocycles. The zero-order valence-electron chi connectivity index (χ0n) is 13.3. The summed E-state index contributed by atoms with van der Waals surface area (Å²) in [5, 5.41) is 9.60. The molecule has 2 rings (SSSR count). The molecule has 6 nitrogen and oxygen atoms in total. The van der Waals surface area contributed by atoms with Crippen LogP contribution in [0, 0.1) is 0 Å². The molecule has 0 spiro atoms. The number of aromatic nitrogens is 2. The van der Waals surface area contributed by atoms with Gasteiger partial charge in [-0.25, -0.2) is 4.99 Å². The van der Waals surface area contributed by atoms with Crippen molar-refractivity contribution in [3.05, 3.63) is 17.5 Å². The van der Waals surface area contributed by atoms with Gasteiger partial charge >= 0.3 is 6.18 Å². The number of aryl methyl sites for hydroxylation is 1. The summed E-state index contributed by atoms with van der Waals surface area (Å²) < 4.78 is 45.4. The Hall–Kier alpha value is -1.77. The fourth-order valence-corrected chi connectivity index (χ4v) is 2.41. The number of guanidine groups is 1. The lowest BCUT2D eigenvalue weighted by Gasteiger charge is -2.14. The molecule has 2 heterocycles. The number of alkyl halides is 3. The van der Waals surface area contributed by atoms with Crippen LogP contribution in [0.2, 0.25) is 0 Å². The van der Waals surface area contributed by atoms with Crippen molar-refractivity contribution in [3.63, 3.8) is 0 Å². The van der Waals surface area contributed by atoms with Gasteiger partial charge in [0.05, 0.1) is 12.6 Å². The third-order valence-electron chi connectivity index (χ3n) is 3.45. The Bertz CT molecular complexity index is 535. The molecule has 1 saturated heterocycles. The molecule has 0 amide bonds. The summed E-state index contributed by atoms with van der Waals surface area (Å²) in [5.74, 6) is 0.472. The van der Waals surface area contributed by atoms with Crippen molar-refractivity contribution in [2.45, 2.75) is 38.6 Å². The van der Waals surface area contributed by atoms with Crippen molar-refractivity contribution in [2.75, 3.05) is 19.7 Å². The lowest BCUT2D eigenvalue weighted by Crippen LogP contribution is -2.41. The highest BCUT2D eigenvalue weighted by molar-refractivity contribution is 5.79. The first-order valence-corrected chi connectivity index (χ1v) is 7.63. The monoisotopic (exact) mass is 333 g/mol. The van der Waals surface area contributed by atoms with E-state index in [1.807, 2.05) is 6.92 Å². The largest absolute Gasteiger partial charge is 0.435 e. The smallest absolute Gasteiger partial charge is 0.376 e. The van der Waals surface area contributed by atoms with Crippen LogP contribution in [0.25, 0.3) is 0 Å². The number of ether oxygens (including phenoxy) is 1. The predicted molar refractivity (Wildman–Crippen MR) is 80.0 cm³/mol. The van der Waals surface area contributed by atoms with Gasteiger partial charge in [-0.3, -0.25) is 4.68 Å². The molecule has 1 unspecified atom stereocenters. The predicted octanol–water partition coefficient (Wildman–Crippen LogP) is 1.67. The van der Waals surface area contributed by atoms with Gasteiger partial charge in [0.25, 0.3) is 0 Å². The Labute approximate surface area is 133 Å². The summed E-state index contributed by atoms with van der Waals surface area (Å²) in [6.45, 7) is 3.77. The summed E-state index contributed by atoms with van der Waals surface area (Å²) in [5.41, 5.74) is -0.840. The van der Waals surface area contributed by atoms with Crippen LogP contribution in [0.5, 0.6) is 0 Å². The zero-order valence-corrected chi connectivity index (χ0v) is 13.3. The molecule has 1 aromatic rings. The number of rotatable bonds is 5. The molecular weight excluding hydrogens is 311 g/mol. The first-order chi connectivity index (χ1) is 10.9. The van der Waals surface area contributed by atoms with Crippen LogP contribution in [0.3, 0.4) is 0 Å². The SMILES string of the molecule is CCNC(=NCc1cn(C)nc1C(F)(F)F)NCC1CCCO1. The molecule has 1 aliphatic heterocycles. The number of nitrogens with zero attached hydrogens (tertiary/aromatic N) is 3. The Morgan fingerprint density at radius 2 is 2.26 bits per heavy atom. The summed E-state index contributed by atoms with van der Waals surface area (Å²) in [6.07, 6.45) is -0.994. The molecule has 1 aliphatic rings. The summed E-state index contributed by atoms with van der Waals surface area (Å²) >= 11 is 0. The summed E-state index contributed by atoms with van der Waals surface area (Å²) in [7, 11) is 1.46. The Morgan fingerprint density at radius 1 is 1.48 bits per heavy atom. The van der Waals surface area contributed by atoms with Gasteiger partial charge in [-0.1, -0.05) is 0 Å². The Kier molecular flexibility index (Phi) is 5.86. The Morgan fingerprint density at radius 3 is 2.87 bits per heavy atom. The van der Waals surface area contributed by atoms with Gasteiger partial charge in [-0.15, -0.1) is 0 Å². The molecular formula is C14H22F3N5O. The average Bonchev–Trinajstić information content (AvgIpc) is 3.10. The number of halogens is 3. The average molecular weight is 333 g/mol. The van der Waals surface area contributed by atoms with Crippen molar-refractivity contribution in [3.8, 4) is 0 Å². The van der Waals surface area contributed by atoms with Gasteiger partial charge in [-0.05, 0) is 19.8 Å². The van der Waals surface area contributed by atoms with E-state index >= 15 is 0 Å². The normalized spacial score (nSPS) is 19.2. The van der Waals surface area contributed by atoms with Gasteiger partial charge in [-0.2, -0.15) is 18.3 Å². The van der Waals surface area contributed by atoms with Crippen molar-refractivity contribution in [2.24, 2.45) is 12.0 Å². The second kappa shape index (κ2) is 7.67. The number of hydrogen-bond acceptors (Lipinski definition) is 3. The van der Waals surface area contributed by atoms with E-state index in [1.165, 1.54) is 13.2 Å². The molecule has 0 radical (unpaired) electrons. The molecule has 9 heteroatoms. The zero-order chi connectivity index (χ0) is 16.9. The van der Waals surface area contributed by atoms with E-state index in [0.717, 1.165) is 24.1 Å². The van der Waals surface area contributed by atoms with Crippen LogP contribution in [-0.4, -0.2) is 41.5 Å². The molecule has 0 aliphatic carbocycles. The lowest BCUT2D eigenvalue weighted by molar-refractivity contribution is -0.142. The second-order valence-electron chi connectivity index (χ2n) is 5.39. The van der Waals surface area contributed by atoms with Gasteiger partial charge in [0.1, 0.15) is 0 Å². The van der Waals surface area contributed by atoms with Gasteiger partial charge < -0.3 is 15.4 Å². The number of nitrogens with one attached hydrogen (secondary N) is 2. The van der Waals surface area contributed by atoms with Crippen LogP contribution in [-0.2, 0) is 24.5 Å². The molecule has 2 N–H and O–H groups in total. The highest BCUT2D eigenvalue weighted by Gasteiger charge is 2.36. The maximum absolute atomic E-state index is 12.9. The van der Waals surface area contributed by atoms with Crippen LogP contribution in [0.15, 0.2) is 11.2 Å². The quantitative estimate of drug-likeness (QED) is 0.636. The summed E-state index contributed by atoms with van der Waals surface area (Å²) in [4.78, 5) is 4.22. The van der Waals surface area contributed by atoms with E-state index in [2.05, 4.69) is 20.7 Å². The highest BCUT2D eigenvalue weighted by Crippen LogP contribution is 2.30. The molecule has 1 atom stereocenters. The van der Waals surface area contributed by atoms with Crippen molar-refractivity contribution < 1.29 is 17.9 Å². The van der Waals surface area contributed by atoms with Crippen molar-refractivity contribution >= 4 is 5.96 Å². The van der Waals surface area contributed by atoms with E-state index in [1.54, 1.807) is 0 Å². The molecule has 1 fully saturated rings. The molecule has 130 valence electrons. The molecule has 0 aromatic carbocycles. The van der Waals surface area contributed by atoms with Crippen LogP contribution < -0.4 is 10.6 Å². The van der Waals surface area contributed by atoms with E-state index in [0.29, 0.717) is 19.0 Å². The molecule has 0 bridgehead atoms. The van der Waals surface area contributed by atoms with Crippen LogP contribution >= 0.6 is 0 Å². The maximum Gasteiger partial charge on any atom is 0.435 e. The van der Waals surface area contributed by atoms with Gasteiger partial charge in [0, 0.05) is 38.5 Å². The van der Waals surface area contributed by atoms with Crippen molar-refractivity contribution in [1.29, 1.82) is 0 Å². The van der Waals surface area contributed by atoms with Crippen molar-refractivity contribution in [1.82, 2.24) is 20.4 Å². The molecule has 23 heavy (non-hydrogen) atoms. The topological polar surface area (TPSA) is 63.5 Å². The Balaban J connectivity index is 2.02. The third-order valence-corrected chi connectivity index (χ3v) is 3.45. The number of aliphatic imine (C=N–C) groups is 1. The standard InChI is InChI=1S/C14H22F3N5O/c1-3-18-13(20-8-11-5-4-6-23-11)19-7-10-9-22(2)21-12(10)14(15,16)17/h9,11H,3-8H2,1-2H3,(H2,18,19,20). The van der Waals surface area contributed by atoms with Gasteiger partial charge in [0.15, 0.2) is 11.7 Å². The first kappa shape index (κ1) is 17.6. The fraction of sp³-hybridized carbons (Fsp3) is 0.714. The van der Waals surface area contributed by atoms with E-state index in [4.69, 9.17) is 4.74 Å². The maximum atomic E-state index is 12.9. The summed E-state index contributed by atoms with van der Waals surface area (Å²) in [6, 6.07) is 0. The highest BCUT2D eigenvalue weighted by atomic mass is 19.4. The fourth-order valence-electron chi connectivity index (χ4n) is 2.41. The van der Waals surface area contributed by atoms with E-state index in [-0.39, 0.29) is 18.2 Å². The first-order valence-electron chi connectivity index (χ1n) is 7.63. The minimum Gasteiger partial charge on any atom is -0.376 e. The third kappa shape index (κ3) is 5.12. The van der Waals surface area contributed by atoms with E-state index < -0.39 is 11.9 Å². The minimum absolute atomic E-state index is 0.0503. The lowest BCUT2D eigenvalue weighted by atomic mass is 10.2.